The van der Waals surface area contributed by atoms with E-state index in [1.807, 2.05) is 13.8 Å². The lowest BCUT2D eigenvalue weighted by atomic mass is 9.94. The number of rotatable bonds is 10. The molecule has 0 aromatic rings. The van der Waals surface area contributed by atoms with E-state index in [4.69, 9.17) is 20.3 Å². The molecule has 0 aliphatic carbocycles. The maximum Gasteiger partial charge on any atom is 0.305 e. The zero-order chi connectivity index (χ0) is 14.2. The molecule has 0 bridgehead atoms. The number of carboxylic acid groups (broad SMARTS) is 1. The summed E-state index contributed by atoms with van der Waals surface area (Å²) >= 11 is 0. The van der Waals surface area contributed by atoms with Gasteiger partial charge in [-0.15, -0.1) is 0 Å². The fraction of sp³-hybridized carbons (Fsp3) is 0.923. The predicted molar refractivity (Wildman–Crippen MR) is 70.5 cm³/mol. The highest BCUT2D eigenvalue weighted by molar-refractivity contribution is 5.66. The number of ether oxygens (including phenoxy) is 2. The maximum atomic E-state index is 10.3. The molecule has 0 saturated heterocycles. The third-order valence-electron chi connectivity index (χ3n) is 2.49. The number of hydrogen-bond donors (Lipinski definition) is 2. The molecular weight excluding hydrogens is 234 g/mol. The molecule has 18 heavy (non-hydrogen) atoms. The molecule has 0 unspecified atom stereocenters. The summed E-state index contributed by atoms with van der Waals surface area (Å²) in [7, 11) is 0. The Morgan fingerprint density at radius 3 is 2.06 bits per heavy atom. The molecule has 3 N–H and O–H groups in total. The van der Waals surface area contributed by atoms with Crippen molar-refractivity contribution in [3.05, 3.63) is 0 Å². The zero-order valence-electron chi connectivity index (χ0n) is 12.0. The van der Waals surface area contributed by atoms with E-state index in [1.165, 1.54) is 0 Å². The lowest BCUT2D eigenvalue weighted by Crippen LogP contribution is -2.32. The third kappa shape index (κ3) is 9.39. The monoisotopic (exact) mass is 261 g/mol. The Hall–Kier alpha value is -0.650. The largest absolute Gasteiger partial charge is 0.481 e. The zero-order valence-corrected chi connectivity index (χ0v) is 12.0. The van der Waals surface area contributed by atoms with Gasteiger partial charge in [-0.05, 0) is 6.54 Å². The summed E-state index contributed by atoms with van der Waals surface area (Å²) in [6.07, 6.45) is 0.0388. The Morgan fingerprint density at radius 1 is 1.06 bits per heavy atom. The minimum absolute atomic E-state index is 0.0136. The molecule has 0 spiro atoms. The number of carboxylic acids is 1. The fourth-order valence-electron chi connectivity index (χ4n) is 1.21. The first-order valence-corrected chi connectivity index (χ1v) is 6.26. The van der Waals surface area contributed by atoms with E-state index in [0.717, 1.165) is 0 Å². The van der Waals surface area contributed by atoms with E-state index >= 15 is 0 Å². The van der Waals surface area contributed by atoms with Crippen LogP contribution in [0.25, 0.3) is 0 Å². The van der Waals surface area contributed by atoms with Gasteiger partial charge < -0.3 is 20.3 Å². The molecule has 0 rings (SSSR count). The molecule has 0 heterocycles. The molecule has 0 radical (unpaired) electrons. The van der Waals surface area contributed by atoms with Gasteiger partial charge in [-0.1, -0.05) is 27.7 Å². The van der Waals surface area contributed by atoms with Gasteiger partial charge in [-0.25, -0.2) is 0 Å². The van der Waals surface area contributed by atoms with Crippen LogP contribution in [0.2, 0.25) is 0 Å². The summed E-state index contributed by atoms with van der Waals surface area (Å²) in [5.41, 5.74) is 5.49. The van der Waals surface area contributed by atoms with E-state index in [9.17, 15) is 4.79 Å². The molecule has 0 atom stereocenters. The molecule has 0 saturated carbocycles. The van der Waals surface area contributed by atoms with Crippen LogP contribution in [-0.2, 0) is 14.3 Å². The first-order valence-electron chi connectivity index (χ1n) is 6.26. The molecular formula is C13H27NO4. The lowest BCUT2D eigenvalue weighted by Gasteiger charge is -2.28. The second kappa shape index (κ2) is 7.71. The maximum absolute atomic E-state index is 10.3. The second-order valence-corrected chi connectivity index (χ2v) is 6.22. The first-order chi connectivity index (χ1) is 8.18. The highest BCUT2D eigenvalue weighted by atomic mass is 16.5. The van der Waals surface area contributed by atoms with Gasteiger partial charge in [0.05, 0.1) is 32.8 Å². The minimum atomic E-state index is -0.839. The van der Waals surface area contributed by atoms with Crippen molar-refractivity contribution in [2.45, 2.75) is 34.1 Å². The Labute approximate surface area is 110 Å². The van der Waals surface area contributed by atoms with Gasteiger partial charge >= 0.3 is 5.97 Å². The van der Waals surface area contributed by atoms with Crippen molar-refractivity contribution in [1.82, 2.24) is 0 Å². The molecule has 5 heteroatoms. The van der Waals surface area contributed by atoms with E-state index in [1.54, 1.807) is 0 Å². The van der Waals surface area contributed by atoms with Crippen molar-refractivity contribution in [1.29, 1.82) is 0 Å². The molecule has 0 amide bonds. The van der Waals surface area contributed by atoms with E-state index in [2.05, 4.69) is 13.8 Å². The third-order valence-corrected chi connectivity index (χ3v) is 2.49. The van der Waals surface area contributed by atoms with Crippen LogP contribution in [0.5, 0.6) is 0 Å². The van der Waals surface area contributed by atoms with Crippen LogP contribution in [0.15, 0.2) is 0 Å². The van der Waals surface area contributed by atoms with Gasteiger partial charge in [0.25, 0.3) is 0 Å². The highest BCUT2D eigenvalue weighted by Crippen LogP contribution is 2.19. The summed E-state index contributed by atoms with van der Waals surface area (Å²) in [6.45, 7) is 10.7. The first kappa shape index (κ1) is 17.4. The van der Waals surface area contributed by atoms with Crippen LogP contribution in [-0.4, -0.2) is 44.0 Å². The van der Waals surface area contributed by atoms with Gasteiger partial charge in [-0.3, -0.25) is 4.79 Å². The normalized spacial score (nSPS) is 12.7. The van der Waals surface area contributed by atoms with Crippen molar-refractivity contribution >= 4 is 5.97 Å². The Balaban J connectivity index is 3.76. The van der Waals surface area contributed by atoms with Gasteiger partial charge in [0, 0.05) is 10.8 Å². The molecule has 0 fully saturated rings. The van der Waals surface area contributed by atoms with Crippen molar-refractivity contribution in [2.24, 2.45) is 16.6 Å². The van der Waals surface area contributed by atoms with E-state index in [-0.39, 0.29) is 23.9 Å². The van der Waals surface area contributed by atoms with E-state index in [0.29, 0.717) is 26.4 Å². The second-order valence-electron chi connectivity index (χ2n) is 6.22. The van der Waals surface area contributed by atoms with Crippen LogP contribution in [0.1, 0.15) is 34.1 Å². The van der Waals surface area contributed by atoms with Crippen LogP contribution >= 0.6 is 0 Å². The summed E-state index contributed by atoms with van der Waals surface area (Å²) in [5.74, 6) is -0.839. The van der Waals surface area contributed by atoms with Crippen LogP contribution in [0.4, 0.5) is 0 Å². The molecule has 0 aliphatic heterocycles. The number of aliphatic carboxylic acids is 1. The average molecular weight is 261 g/mol. The Bertz CT molecular complexity index is 251. The summed E-state index contributed by atoms with van der Waals surface area (Å²) in [5, 5.41) is 8.48. The quantitative estimate of drug-likeness (QED) is 0.582. The predicted octanol–water partition coefficient (Wildman–Crippen LogP) is 1.51. The number of carbonyl (C=O) groups is 1. The van der Waals surface area contributed by atoms with Crippen LogP contribution in [0, 0.1) is 10.8 Å². The molecule has 0 aliphatic rings. The van der Waals surface area contributed by atoms with Gasteiger partial charge in [-0.2, -0.15) is 0 Å². The number of nitrogens with two attached hydrogens (primary N) is 1. The van der Waals surface area contributed by atoms with Gasteiger partial charge in [0.15, 0.2) is 0 Å². The molecule has 0 aromatic carbocycles. The van der Waals surface area contributed by atoms with Crippen molar-refractivity contribution in [3.63, 3.8) is 0 Å². The summed E-state index contributed by atoms with van der Waals surface area (Å²) in [4.78, 5) is 10.3. The number of hydrogen-bond acceptors (Lipinski definition) is 4. The standard InChI is InChI=1S/C13H27NO4/c1-12(2,7-14)8-18-10-13(3,4)9-17-6-5-11(15)16/h5-10,14H2,1-4H3,(H,15,16). The fourth-order valence-corrected chi connectivity index (χ4v) is 1.21. The molecule has 108 valence electrons. The SMILES string of the molecule is CC(C)(CN)COCC(C)(C)COCCC(=O)O. The van der Waals surface area contributed by atoms with E-state index < -0.39 is 5.97 Å². The minimum Gasteiger partial charge on any atom is -0.481 e. The van der Waals surface area contributed by atoms with Crippen molar-refractivity contribution in [2.75, 3.05) is 33.0 Å². The topological polar surface area (TPSA) is 81.8 Å². The Kier molecular flexibility index (Phi) is 7.43. The van der Waals surface area contributed by atoms with Crippen LogP contribution < -0.4 is 5.73 Å². The summed E-state index contributed by atoms with van der Waals surface area (Å²) in [6, 6.07) is 0. The highest BCUT2D eigenvalue weighted by Gasteiger charge is 2.22. The van der Waals surface area contributed by atoms with Crippen LogP contribution in [0.3, 0.4) is 0 Å². The van der Waals surface area contributed by atoms with Crippen molar-refractivity contribution < 1.29 is 19.4 Å². The van der Waals surface area contributed by atoms with Crippen molar-refractivity contribution in [3.8, 4) is 0 Å². The smallest absolute Gasteiger partial charge is 0.305 e. The molecule has 5 nitrogen and oxygen atoms in total. The molecule has 0 aromatic heterocycles. The Morgan fingerprint density at radius 2 is 1.56 bits per heavy atom. The van der Waals surface area contributed by atoms with Gasteiger partial charge in [0.2, 0.25) is 0 Å². The average Bonchev–Trinajstić information content (AvgIpc) is 2.24. The lowest BCUT2D eigenvalue weighted by molar-refractivity contribution is -0.138. The summed E-state index contributed by atoms with van der Waals surface area (Å²) < 4.78 is 11.0. The van der Waals surface area contributed by atoms with Gasteiger partial charge in [0.1, 0.15) is 0 Å².